The average Bonchev–Trinajstić information content (AvgIpc) is 2.18. The van der Waals surface area contributed by atoms with Gasteiger partial charge in [0.2, 0.25) is 0 Å². The largest absolute Gasteiger partial charge is 0.329 e. The molecule has 0 aromatic heterocycles. The molecular formula is C9H18N4. The van der Waals surface area contributed by atoms with Crippen LogP contribution in [0.5, 0.6) is 0 Å². The summed E-state index contributed by atoms with van der Waals surface area (Å²) in [6, 6.07) is 2.32. The third kappa shape index (κ3) is 2.96. The molecule has 0 bridgehead atoms. The second-order valence-electron chi connectivity index (χ2n) is 3.47. The molecule has 0 saturated carbocycles. The van der Waals surface area contributed by atoms with Gasteiger partial charge in [0.15, 0.2) is 0 Å². The van der Waals surface area contributed by atoms with E-state index in [1.165, 1.54) is 0 Å². The molecule has 4 heteroatoms. The van der Waals surface area contributed by atoms with Crippen molar-refractivity contribution in [2.24, 2.45) is 5.73 Å². The molecule has 1 aliphatic heterocycles. The lowest BCUT2D eigenvalue weighted by Crippen LogP contribution is -2.50. The molecule has 1 heterocycles. The standard InChI is InChI=1S/C9H18N4/c1-9(8-11)13-6-4-12(3-2-10)5-7-13/h9H,2-7,10H2,1H3. The van der Waals surface area contributed by atoms with E-state index in [1.807, 2.05) is 6.92 Å². The highest BCUT2D eigenvalue weighted by Gasteiger charge is 2.19. The summed E-state index contributed by atoms with van der Waals surface area (Å²) in [7, 11) is 0. The number of piperazine rings is 1. The van der Waals surface area contributed by atoms with Crippen LogP contribution in [0.4, 0.5) is 0 Å². The molecule has 13 heavy (non-hydrogen) atoms. The van der Waals surface area contributed by atoms with E-state index in [9.17, 15) is 0 Å². The molecule has 74 valence electrons. The second-order valence-corrected chi connectivity index (χ2v) is 3.47. The highest BCUT2D eigenvalue weighted by atomic mass is 15.3. The van der Waals surface area contributed by atoms with Crippen molar-refractivity contribution < 1.29 is 0 Å². The third-order valence-electron chi connectivity index (χ3n) is 2.59. The third-order valence-corrected chi connectivity index (χ3v) is 2.59. The van der Waals surface area contributed by atoms with E-state index in [0.29, 0.717) is 0 Å². The summed E-state index contributed by atoms with van der Waals surface area (Å²) >= 11 is 0. The summed E-state index contributed by atoms with van der Waals surface area (Å²) in [4.78, 5) is 4.56. The number of hydrogen-bond acceptors (Lipinski definition) is 4. The maximum Gasteiger partial charge on any atom is 0.0950 e. The molecule has 0 spiro atoms. The molecule has 1 saturated heterocycles. The van der Waals surface area contributed by atoms with Crippen molar-refractivity contribution in [3.05, 3.63) is 0 Å². The van der Waals surface area contributed by atoms with Crippen molar-refractivity contribution >= 4 is 0 Å². The van der Waals surface area contributed by atoms with Crippen LogP contribution in [0.3, 0.4) is 0 Å². The van der Waals surface area contributed by atoms with E-state index in [0.717, 1.165) is 39.3 Å². The molecule has 1 unspecified atom stereocenters. The molecule has 0 aliphatic carbocycles. The minimum Gasteiger partial charge on any atom is -0.329 e. The summed E-state index contributed by atoms with van der Waals surface area (Å²) in [5, 5.41) is 8.73. The van der Waals surface area contributed by atoms with Gasteiger partial charge in [-0.2, -0.15) is 5.26 Å². The van der Waals surface area contributed by atoms with Crippen LogP contribution < -0.4 is 5.73 Å². The average molecular weight is 182 g/mol. The van der Waals surface area contributed by atoms with Crippen molar-refractivity contribution in [3.63, 3.8) is 0 Å². The van der Waals surface area contributed by atoms with Crippen LogP contribution >= 0.6 is 0 Å². The molecule has 1 aliphatic rings. The van der Waals surface area contributed by atoms with Gasteiger partial charge in [-0.25, -0.2) is 0 Å². The molecule has 0 radical (unpaired) electrons. The van der Waals surface area contributed by atoms with Gasteiger partial charge < -0.3 is 5.73 Å². The van der Waals surface area contributed by atoms with Crippen molar-refractivity contribution in [2.45, 2.75) is 13.0 Å². The molecule has 1 atom stereocenters. The predicted molar refractivity (Wildman–Crippen MR) is 52.1 cm³/mol. The molecule has 0 amide bonds. The van der Waals surface area contributed by atoms with Crippen molar-refractivity contribution in [3.8, 4) is 6.07 Å². The summed E-state index contributed by atoms with van der Waals surface area (Å²) < 4.78 is 0. The van der Waals surface area contributed by atoms with Crippen LogP contribution in [0.1, 0.15) is 6.92 Å². The Morgan fingerprint density at radius 2 is 2.00 bits per heavy atom. The van der Waals surface area contributed by atoms with E-state index < -0.39 is 0 Å². The summed E-state index contributed by atoms with van der Waals surface area (Å²) in [5.74, 6) is 0. The molecule has 0 aromatic rings. The number of nitrogens with zero attached hydrogens (tertiary/aromatic N) is 3. The molecule has 1 rings (SSSR count). The minimum absolute atomic E-state index is 0.0556. The molecular weight excluding hydrogens is 164 g/mol. The van der Waals surface area contributed by atoms with Crippen molar-refractivity contribution in [1.29, 1.82) is 5.26 Å². The lowest BCUT2D eigenvalue weighted by molar-refractivity contribution is 0.122. The monoisotopic (exact) mass is 182 g/mol. The lowest BCUT2D eigenvalue weighted by Gasteiger charge is -2.35. The first-order valence-corrected chi connectivity index (χ1v) is 4.84. The SMILES string of the molecule is CC(C#N)N1CCN(CCN)CC1. The van der Waals surface area contributed by atoms with Gasteiger partial charge in [-0.1, -0.05) is 0 Å². The van der Waals surface area contributed by atoms with Crippen LogP contribution in [0.2, 0.25) is 0 Å². The van der Waals surface area contributed by atoms with E-state index in [2.05, 4.69) is 15.9 Å². The first-order chi connectivity index (χ1) is 6.27. The Bertz CT molecular complexity index is 179. The highest BCUT2D eigenvalue weighted by Crippen LogP contribution is 2.04. The molecule has 1 fully saturated rings. The van der Waals surface area contributed by atoms with Gasteiger partial charge in [-0.15, -0.1) is 0 Å². The number of rotatable bonds is 3. The summed E-state index contributed by atoms with van der Waals surface area (Å²) in [6.07, 6.45) is 0. The van der Waals surface area contributed by atoms with E-state index in [-0.39, 0.29) is 6.04 Å². The lowest BCUT2D eigenvalue weighted by atomic mass is 10.2. The molecule has 2 N–H and O–H groups in total. The van der Waals surface area contributed by atoms with Gasteiger partial charge >= 0.3 is 0 Å². The Morgan fingerprint density at radius 3 is 2.46 bits per heavy atom. The maximum atomic E-state index is 8.73. The van der Waals surface area contributed by atoms with Crippen LogP contribution in [0, 0.1) is 11.3 Å². The smallest absolute Gasteiger partial charge is 0.0950 e. The zero-order valence-corrected chi connectivity index (χ0v) is 8.24. The van der Waals surface area contributed by atoms with Crippen molar-refractivity contribution in [1.82, 2.24) is 9.80 Å². The van der Waals surface area contributed by atoms with Gasteiger partial charge in [-0.3, -0.25) is 9.80 Å². The van der Waals surface area contributed by atoms with E-state index in [1.54, 1.807) is 0 Å². The number of nitrogens with two attached hydrogens (primary N) is 1. The van der Waals surface area contributed by atoms with Crippen LogP contribution in [-0.4, -0.2) is 55.1 Å². The zero-order chi connectivity index (χ0) is 9.68. The second kappa shape index (κ2) is 5.18. The van der Waals surface area contributed by atoms with Gasteiger partial charge in [0.05, 0.1) is 12.1 Å². The predicted octanol–water partition coefficient (Wildman–Crippen LogP) is -0.525. The van der Waals surface area contributed by atoms with Crippen molar-refractivity contribution in [2.75, 3.05) is 39.3 Å². The first kappa shape index (κ1) is 10.5. The summed E-state index contributed by atoms with van der Waals surface area (Å²) in [5.41, 5.74) is 5.47. The topological polar surface area (TPSA) is 56.3 Å². The normalized spacial score (nSPS) is 22.5. The minimum atomic E-state index is 0.0556. The fourth-order valence-corrected chi connectivity index (χ4v) is 1.64. The number of nitriles is 1. The Balaban J connectivity index is 2.27. The fourth-order valence-electron chi connectivity index (χ4n) is 1.64. The zero-order valence-electron chi connectivity index (χ0n) is 8.24. The van der Waals surface area contributed by atoms with Gasteiger partial charge in [0, 0.05) is 39.3 Å². The maximum absolute atomic E-state index is 8.73. The first-order valence-electron chi connectivity index (χ1n) is 4.84. The highest BCUT2D eigenvalue weighted by molar-refractivity contribution is 4.90. The van der Waals surface area contributed by atoms with Crippen LogP contribution in [0.25, 0.3) is 0 Å². The van der Waals surface area contributed by atoms with E-state index >= 15 is 0 Å². The Hall–Kier alpha value is -0.630. The van der Waals surface area contributed by atoms with E-state index in [4.69, 9.17) is 11.0 Å². The quantitative estimate of drug-likeness (QED) is 0.638. The van der Waals surface area contributed by atoms with Crippen LogP contribution in [-0.2, 0) is 0 Å². The Labute approximate surface area is 79.9 Å². The van der Waals surface area contributed by atoms with Gasteiger partial charge in [0.25, 0.3) is 0 Å². The van der Waals surface area contributed by atoms with Crippen LogP contribution in [0.15, 0.2) is 0 Å². The van der Waals surface area contributed by atoms with Gasteiger partial charge in [0.1, 0.15) is 0 Å². The Kier molecular flexibility index (Phi) is 4.16. The number of hydrogen-bond donors (Lipinski definition) is 1. The van der Waals surface area contributed by atoms with Gasteiger partial charge in [-0.05, 0) is 6.92 Å². The molecule has 0 aromatic carbocycles. The summed E-state index contributed by atoms with van der Waals surface area (Å²) in [6.45, 7) is 7.75. The molecule has 4 nitrogen and oxygen atoms in total. The Morgan fingerprint density at radius 1 is 1.38 bits per heavy atom. The fraction of sp³-hybridized carbons (Fsp3) is 0.889.